The van der Waals surface area contributed by atoms with Crippen molar-refractivity contribution in [3.63, 3.8) is 0 Å². The fraction of sp³-hybridized carbons (Fsp3) is 0.333. The van der Waals surface area contributed by atoms with Crippen molar-refractivity contribution >= 4 is 39.9 Å². The third-order valence-electron chi connectivity index (χ3n) is 9.81. The first kappa shape index (κ1) is 28.1. The lowest BCUT2D eigenvalue weighted by molar-refractivity contribution is -0.132. The summed E-state index contributed by atoms with van der Waals surface area (Å²) in [4.78, 5) is 34.6. The summed E-state index contributed by atoms with van der Waals surface area (Å²) in [5, 5.41) is 13.9. The number of aryl methyl sites for hydroxylation is 2. The third-order valence-corrected chi connectivity index (χ3v) is 9.81. The number of carbonyl (C=O) groups is 2. The SMILES string of the molecule is C/C(=C\c1ccc2nc(C3(NC(=O)c4ccc5c(C6CCCC6)c(-c6cccnc6)n(C)c5c4)CCC3)n(C)c2c1)C(=O)O. The summed E-state index contributed by atoms with van der Waals surface area (Å²) in [6.07, 6.45) is 12.9. The van der Waals surface area contributed by atoms with Crippen LogP contribution in [-0.4, -0.2) is 36.1 Å². The second-order valence-corrected chi connectivity index (χ2v) is 12.5. The standard InChI is InChI=1S/C36H37N5O3/c1-22(34(43)44)18-23-11-14-28-30(19-23)41(3)35(38-28)36(15-7-16-36)39-33(42)25-12-13-27-29(20-25)40(2)32(26-10-6-17-37-21-26)31(27)24-8-4-5-9-24/h6,10-14,17-21,24H,4-5,7-9,15-16H2,1-3H3,(H,39,42)(H,43,44)/b22-18+. The fourth-order valence-corrected chi connectivity index (χ4v) is 7.35. The Balaban J connectivity index is 1.24. The number of hydrogen-bond donors (Lipinski definition) is 2. The number of rotatable bonds is 7. The molecule has 0 atom stereocenters. The van der Waals surface area contributed by atoms with E-state index in [1.54, 1.807) is 19.2 Å². The van der Waals surface area contributed by atoms with Crippen LogP contribution in [0.4, 0.5) is 0 Å². The summed E-state index contributed by atoms with van der Waals surface area (Å²) in [7, 11) is 4.06. The predicted octanol–water partition coefficient (Wildman–Crippen LogP) is 7.08. The average molecular weight is 588 g/mol. The van der Waals surface area contributed by atoms with E-state index in [9.17, 15) is 14.7 Å². The van der Waals surface area contributed by atoms with Crippen LogP contribution in [0.5, 0.6) is 0 Å². The maximum Gasteiger partial charge on any atom is 0.331 e. The monoisotopic (exact) mass is 587 g/mol. The first-order valence-corrected chi connectivity index (χ1v) is 15.5. The third kappa shape index (κ3) is 4.60. The van der Waals surface area contributed by atoms with Crippen LogP contribution in [0.1, 0.15) is 85.1 Å². The van der Waals surface area contributed by atoms with Crippen molar-refractivity contribution < 1.29 is 14.7 Å². The van der Waals surface area contributed by atoms with E-state index in [1.807, 2.05) is 54.2 Å². The second-order valence-electron chi connectivity index (χ2n) is 12.5. The van der Waals surface area contributed by atoms with Crippen LogP contribution in [0.25, 0.3) is 39.3 Å². The normalized spacial score (nSPS) is 16.8. The quantitative estimate of drug-likeness (QED) is 0.198. The molecule has 224 valence electrons. The highest BCUT2D eigenvalue weighted by molar-refractivity contribution is 6.01. The van der Waals surface area contributed by atoms with Crippen molar-refractivity contribution in [2.24, 2.45) is 14.1 Å². The fourth-order valence-electron chi connectivity index (χ4n) is 7.35. The van der Waals surface area contributed by atoms with Gasteiger partial charge in [0.15, 0.2) is 0 Å². The summed E-state index contributed by atoms with van der Waals surface area (Å²) in [5.74, 6) is 0.286. The Morgan fingerprint density at radius 1 is 1.00 bits per heavy atom. The zero-order valence-corrected chi connectivity index (χ0v) is 25.4. The van der Waals surface area contributed by atoms with E-state index in [4.69, 9.17) is 4.98 Å². The number of carboxylic acids is 1. The number of amides is 1. The lowest BCUT2D eigenvalue weighted by Gasteiger charge is -2.41. The minimum Gasteiger partial charge on any atom is -0.478 e. The van der Waals surface area contributed by atoms with Crippen LogP contribution < -0.4 is 5.32 Å². The molecule has 0 unspecified atom stereocenters. The van der Waals surface area contributed by atoms with E-state index in [0.717, 1.165) is 52.8 Å². The molecule has 0 aliphatic heterocycles. The van der Waals surface area contributed by atoms with Gasteiger partial charge in [-0.05, 0) is 98.5 Å². The van der Waals surface area contributed by atoms with Gasteiger partial charge in [-0.25, -0.2) is 9.78 Å². The number of imidazole rings is 1. The molecular formula is C36H37N5O3. The predicted molar refractivity (Wildman–Crippen MR) is 172 cm³/mol. The number of benzene rings is 2. The number of pyridine rings is 1. The minimum atomic E-state index is -0.941. The lowest BCUT2D eigenvalue weighted by atomic mass is 9.75. The van der Waals surface area contributed by atoms with E-state index >= 15 is 0 Å². The van der Waals surface area contributed by atoms with E-state index < -0.39 is 11.5 Å². The average Bonchev–Trinajstić information content (AvgIpc) is 3.72. The summed E-state index contributed by atoms with van der Waals surface area (Å²) < 4.78 is 4.27. The number of nitrogens with zero attached hydrogens (tertiary/aromatic N) is 4. The minimum absolute atomic E-state index is 0.106. The molecule has 0 saturated heterocycles. The largest absolute Gasteiger partial charge is 0.478 e. The topological polar surface area (TPSA) is 102 Å². The first-order chi connectivity index (χ1) is 21.3. The Labute approximate surface area is 256 Å². The van der Waals surface area contributed by atoms with Crippen molar-refractivity contribution in [2.45, 2.75) is 63.3 Å². The molecule has 2 aromatic carbocycles. The molecule has 8 heteroatoms. The highest BCUT2D eigenvalue weighted by Crippen LogP contribution is 2.45. The number of fused-ring (bicyclic) bond motifs is 2. The summed E-state index contributed by atoms with van der Waals surface area (Å²) in [5.41, 5.74) is 7.60. The number of carbonyl (C=O) groups excluding carboxylic acids is 1. The van der Waals surface area contributed by atoms with Crippen molar-refractivity contribution in [2.75, 3.05) is 0 Å². The van der Waals surface area contributed by atoms with Crippen LogP contribution in [0.15, 0.2) is 66.5 Å². The van der Waals surface area contributed by atoms with Gasteiger partial charge in [-0.1, -0.05) is 25.0 Å². The van der Waals surface area contributed by atoms with Gasteiger partial charge in [0.05, 0.1) is 22.3 Å². The Morgan fingerprint density at radius 2 is 1.80 bits per heavy atom. The Morgan fingerprint density at radius 3 is 2.48 bits per heavy atom. The van der Waals surface area contributed by atoms with Crippen LogP contribution >= 0.6 is 0 Å². The highest BCUT2D eigenvalue weighted by Gasteiger charge is 2.44. The zero-order chi connectivity index (χ0) is 30.6. The zero-order valence-electron chi connectivity index (χ0n) is 25.4. The Bertz CT molecular complexity index is 1960. The molecule has 3 aromatic heterocycles. The highest BCUT2D eigenvalue weighted by atomic mass is 16.4. The van der Waals surface area contributed by atoms with Gasteiger partial charge in [-0.3, -0.25) is 9.78 Å². The van der Waals surface area contributed by atoms with Crippen LogP contribution in [0.2, 0.25) is 0 Å². The van der Waals surface area contributed by atoms with Crippen LogP contribution in [-0.2, 0) is 24.4 Å². The van der Waals surface area contributed by atoms with E-state index in [1.165, 1.54) is 42.3 Å². The van der Waals surface area contributed by atoms with E-state index in [2.05, 4.69) is 34.0 Å². The maximum atomic E-state index is 13.9. The van der Waals surface area contributed by atoms with Crippen LogP contribution in [0, 0.1) is 0 Å². The second kappa shape index (κ2) is 10.8. The van der Waals surface area contributed by atoms with Gasteiger partial charge in [0, 0.05) is 54.1 Å². The number of hydrogen-bond acceptors (Lipinski definition) is 4. The molecule has 0 spiro atoms. The van der Waals surface area contributed by atoms with E-state index in [0.29, 0.717) is 11.5 Å². The summed E-state index contributed by atoms with van der Waals surface area (Å²) >= 11 is 0. The van der Waals surface area contributed by atoms with Crippen molar-refractivity contribution in [3.05, 3.63) is 89.0 Å². The van der Waals surface area contributed by atoms with Crippen LogP contribution in [0.3, 0.4) is 0 Å². The molecule has 5 aromatic rings. The Hall–Kier alpha value is -4.72. The molecule has 0 bridgehead atoms. The molecule has 2 saturated carbocycles. The van der Waals surface area contributed by atoms with Crippen molar-refractivity contribution in [3.8, 4) is 11.3 Å². The molecule has 8 nitrogen and oxygen atoms in total. The van der Waals surface area contributed by atoms with Gasteiger partial charge in [0.2, 0.25) is 0 Å². The number of aromatic nitrogens is 4. The van der Waals surface area contributed by atoms with Gasteiger partial charge >= 0.3 is 5.97 Å². The summed E-state index contributed by atoms with van der Waals surface area (Å²) in [6, 6.07) is 16.0. The van der Waals surface area contributed by atoms with E-state index in [-0.39, 0.29) is 11.5 Å². The molecule has 3 heterocycles. The van der Waals surface area contributed by atoms with Gasteiger partial charge in [-0.2, -0.15) is 0 Å². The molecule has 44 heavy (non-hydrogen) atoms. The molecule has 2 aliphatic carbocycles. The molecule has 1 amide bonds. The van der Waals surface area contributed by atoms with Gasteiger partial charge in [-0.15, -0.1) is 0 Å². The van der Waals surface area contributed by atoms with Crippen molar-refractivity contribution in [1.82, 2.24) is 24.4 Å². The lowest BCUT2D eigenvalue weighted by Crippen LogP contribution is -2.52. The number of carboxylic acid groups (broad SMARTS) is 1. The van der Waals surface area contributed by atoms with Gasteiger partial charge in [0.25, 0.3) is 5.91 Å². The molecular weight excluding hydrogens is 550 g/mol. The molecule has 2 N–H and O–H groups in total. The molecule has 2 aliphatic rings. The van der Waals surface area contributed by atoms with Gasteiger partial charge in [0.1, 0.15) is 5.82 Å². The maximum absolute atomic E-state index is 13.9. The summed E-state index contributed by atoms with van der Waals surface area (Å²) in [6.45, 7) is 1.59. The number of nitrogens with one attached hydrogen (secondary N) is 1. The first-order valence-electron chi connectivity index (χ1n) is 15.5. The Kier molecular flexibility index (Phi) is 6.87. The van der Waals surface area contributed by atoms with Crippen molar-refractivity contribution in [1.29, 1.82) is 0 Å². The number of aliphatic carboxylic acids is 1. The molecule has 0 radical (unpaired) electrons. The smallest absolute Gasteiger partial charge is 0.331 e. The van der Waals surface area contributed by atoms with Gasteiger partial charge < -0.3 is 19.6 Å². The molecule has 7 rings (SSSR count). The molecule has 2 fully saturated rings.